The standard InChI is InChI=1S/C21H25NO2/c22-21(23)14-13-17-10-6-12-20-19(17)15-18(24-20)11-5-4-9-16-7-2-1-3-8-16/h1-3,6-8,10,12,18H,4-5,9,11,13-15H2,(H2,22,23). The monoisotopic (exact) mass is 323 g/mol. The van der Waals surface area contributed by atoms with Crippen molar-refractivity contribution in [1.29, 1.82) is 0 Å². The van der Waals surface area contributed by atoms with E-state index in [1.54, 1.807) is 0 Å². The van der Waals surface area contributed by atoms with Crippen molar-refractivity contribution in [2.45, 2.75) is 51.0 Å². The number of amides is 1. The molecule has 1 unspecified atom stereocenters. The number of primary amides is 1. The Morgan fingerprint density at radius 2 is 1.88 bits per heavy atom. The van der Waals surface area contributed by atoms with Gasteiger partial charge in [-0.2, -0.15) is 0 Å². The molecule has 2 aromatic rings. The van der Waals surface area contributed by atoms with Crippen LogP contribution in [0.2, 0.25) is 0 Å². The van der Waals surface area contributed by atoms with E-state index in [1.807, 2.05) is 12.1 Å². The van der Waals surface area contributed by atoms with Crippen LogP contribution in [0, 0.1) is 0 Å². The molecule has 24 heavy (non-hydrogen) atoms. The van der Waals surface area contributed by atoms with Gasteiger partial charge in [0.2, 0.25) is 5.91 Å². The molecular formula is C21H25NO2. The Morgan fingerprint density at radius 1 is 1.04 bits per heavy atom. The number of fused-ring (bicyclic) bond motifs is 1. The maximum atomic E-state index is 11.0. The fourth-order valence-electron chi connectivity index (χ4n) is 3.40. The van der Waals surface area contributed by atoms with Gasteiger partial charge < -0.3 is 10.5 Å². The van der Waals surface area contributed by atoms with Crippen LogP contribution in [0.1, 0.15) is 42.4 Å². The lowest BCUT2D eigenvalue weighted by molar-refractivity contribution is -0.117. The third-order valence-corrected chi connectivity index (χ3v) is 4.68. The lowest BCUT2D eigenvalue weighted by Crippen LogP contribution is -2.13. The number of hydrogen-bond acceptors (Lipinski definition) is 2. The van der Waals surface area contributed by atoms with E-state index in [1.165, 1.54) is 29.5 Å². The minimum absolute atomic E-state index is 0.246. The minimum Gasteiger partial charge on any atom is -0.490 e. The number of ether oxygens (including phenoxy) is 1. The molecule has 1 aliphatic rings. The van der Waals surface area contributed by atoms with E-state index in [0.29, 0.717) is 12.8 Å². The number of benzene rings is 2. The molecule has 3 nitrogen and oxygen atoms in total. The van der Waals surface area contributed by atoms with Crippen LogP contribution >= 0.6 is 0 Å². The van der Waals surface area contributed by atoms with Gasteiger partial charge in [0.15, 0.2) is 0 Å². The van der Waals surface area contributed by atoms with E-state index in [9.17, 15) is 4.79 Å². The molecule has 0 fully saturated rings. The first-order chi connectivity index (χ1) is 11.7. The average molecular weight is 323 g/mol. The first kappa shape index (κ1) is 16.6. The van der Waals surface area contributed by atoms with Gasteiger partial charge in [0, 0.05) is 18.4 Å². The predicted octanol–water partition coefficient (Wildman–Crippen LogP) is 3.82. The zero-order chi connectivity index (χ0) is 16.8. The fraction of sp³-hybridized carbons (Fsp3) is 0.381. The zero-order valence-electron chi connectivity index (χ0n) is 14.0. The van der Waals surface area contributed by atoms with Gasteiger partial charge in [0.05, 0.1) is 0 Å². The van der Waals surface area contributed by atoms with Crippen molar-refractivity contribution in [3.05, 3.63) is 65.2 Å². The van der Waals surface area contributed by atoms with E-state index < -0.39 is 0 Å². The molecule has 2 N–H and O–H groups in total. The van der Waals surface area contributed by atoms with E-state index in [2.05, 4.69) is 36.4 Å². The Labute approximate surface area is 143 Å². The van der Waals surface area contributed by atoms with E-state index in [0.717, 1.165) is 25.0 Å². The van der Waals surface area contributed by atoms with Gasteiger partial charge >= 0.3 is 0 Å². The van der Waals surface area contributed by atoms with Gasteiger partial charge in [-0.1, -0.05) is 42.5 Å². The molecule has 0 spiro atoms. The van der Waals surface area contributed by atoms with Crippen LogP contribution in [0.4, 0.5) is 0 Å². The van der Waals surface area contributed by atoms with Gasteiger partial charge in [-0.3, -0.25) is 4.79 Å². The van der Waals surface area contributed by atoms with Gasteiger partial charge in [-0.15, -0.1) is 0 Å². The summed E-state index contributed by atoms with van der Waals surface area (Å²) in [7, 11) is 0. The molecule has 2 aromatic carbocycles. The number of carbonyl (C=O) groups excluding carboxylic acids is 1. The second-order valence-electron chi connectivity index (χ2n) is 6.54. The first-order valence-electron chi connectivity index (χ1n) is 8.82. The van der Waals surface area contributed by atoms with Gasteiger partial charge in [-0.05, 0) is 49.3 Å². The Hall–Kier alpha value is -2.29. The third kappa shape index (κ3) is 4.38. The highest BCUT2D eigenvalue weighted by molar-refractivity contribution is 5.74. The number of carbonyl (C=O) groups is 1. The van der Waals surface area contributed by atoms with Crippen LogP contribution in [-0.2, 0) is 24.1 Å². The van der Waals surface area contributed by atoms with Crippen LogP contribution in [0.15, 0.2) is 48.5 Å². The Bertz CT molecular complexity index is 681. The topological polar surface area (TPSA) is 52.3 Å². The van der Waals surface area contributed by atoms with Crippen LogP contribution in [0.5, 0.6) is 5.75 Å². The highest BCUT2D eigenvalue weighted by Crippen LogP contribution is 2.33. The van der Waals surface area contributed by atoms with Crippen molar-refractivity contribution in [2.24, 2.45) is 5.73 Å². The predicted molar refractivity (Wildman–Crippen MR) is 96.1 cm³/mol. The Balaban J connectivity index is 1.47. The molecule has 126 valence electrons. The molecule has 3 rings (SSSR count). The molecule has 0 bridgehead atoms. The first-order valence-corrected chi connectivity index (χ1v) is 8.82. The molecule has 0 saturated carbocycles. The summed E-state index contributed by atoms with van der Waals surface area (Å²) >= 11 is 0. The van der Waals surface area contributed by atoms with Crippen molar-refractivity contribution in [3.63, 3.8) is 0 Å². The van der Waals surface area contributed by atoms with Crippen LogP contribution < -0.4 is 10.5 Å². The molecule has 3 heteroatoms. The molecule has 1 heterocycles. The number of nitrogens with two attached hydrogens (primary N) is 1. The van der Waals surface area contributed by atoms with Crippen LogP contribution in [-0.4, -0.2) is 12.0 Å². The van der Waals surface area contributed by atoms with Crippen molar-refractivity contribution in [2.75, 3.05) is 0 Å². The smallest absolute Gasteiger partial charge is 0.217 e. The van der Waals surface area contributed by atoms with Gasteiger partial charge in [0.25, 0.3) is 0 Å². The normalized spacial score (nSPS) is 15.8. The maximum Gasteiger partial charge on any atom is 0.217 e. The second-order valence-corrected chi connectivity index (χ2v) is 6.54. The number of unbranched alkanes of at least 4 members (excludes halogenated alkanes) is 1. The van der Waals surface area contributed by atoms with Gasteiger partial charge in [0.1, 0.15) is 11.9 Å². The highest BCUT2D eigenvalue weighted by Gasteiger charge is 2.24. The molecular weight excluding hydrogens is 298 g/mol. The van der Waals surface area contributed by atoms with E-state index in [-0.39, 0.29) is 12.0 Å². The summed E-state index contributed by atoms with van der Waals surface area (Å²) in [6.07, 6.45) is 6.90. The molecule has 1 aliphatic heterocycles. The summed E-state index contributed by atoms with van der Waals surface area (Å²) in [5, 5.41) is 0. The van der Waals surface area contributed by atoms with Crippen LogP contribution in [0.25, 0.3) is 0 Å². The lowest BCUT2D eigenvalue weighted by Gasteiger charge is -2.10. The number of rotatable bonds is 8. The van der Waals surface area contributed by atoms with Crippen LogP contribution in [0.3, 0.4) is 0 Å². The summed E-state index contributed by atoms with van der Waals surface area (Å²) in [6, 6.07) is 16.8. The summed E-state index contributed by atoms with van der Waals surface area (Å²) in [6.45, 7) is 0. The summed E-state index contributed by atoms with van der Waals surface area (Å²) in [4.78, 5) is 11.0. The number of aryl methyl sites for hydroxylation is 2. The number of hydrogen-bond donors (Lipinski definition) is 1. The Kier molecular flexibility index (Phi) is 5.52. The third-order valence-electron chi connectivity index (χ3n) is 4.68. The van der Waals surface area contributed by atoms with Crippen molar-refractivity contribution in [1.82, 2.24) is 0 Å². The van der Waals surface area contributed by atoms with E-state index in [4.69, 9.17) is 10.5 Å². The molecule has 0 aromatic heterocycles. The Morgan fingerprint density at radius 3 is 2.67 bits per heavy atom. The van der Waals surface area contributed by atoms with Crippen molar-refractivity contribution < 1.29 is 9.53 Å². The zero-order valence-corrected chi connectivity index (χ0v) is 14.0. The molecule has 1 amide bonds. The molecule has 0 radical (unpaired) electrons. The van der Waals surface area contributed by atoms with Gasteiger partial charge in [-0.25, -0.2) is 0 Å². The molecule has 1 atom stereocenters. The largest absolute Gasteiger partial charge is 0.490 e. The van der Waals surface area contributed by atoms with E-state index >= 15 is 0 Å². The summed E-state index contributed by atoms with van der Waals surface area (Å²) in [5.41, 5.74) is 9.15. The van der Waals surface area contributed by atoms with Crippen molar-refractivity contribution in [3.8, 4) is 5.75 Å². The van der Waals surface area contributed by atoms with Crippen molar-refractivity contribution >= 4 is 5.91 Å². The SMILES string of the molecule is NC(=O)CCc1cccc2c1CC(CCCCc1ccccc1)O2. The highest BCUT2D eigenvalue weighted by atomic mass is 16.5. The second kappa shape index (κ2) is 8.00. The summed E-state index contributed by atoms with van der Waals surface area (Å²) in [5.74, 6) is 0.744. The molecule has 0 saturated heterocycles. The average Bonchev–Trinajstić information content (AvgIpc) is 3.01. The summed E-state index contributed by atoms with van der Waals surface area (Å²) < 4.78 is 6.09. The maximum absolute atomic E-state index is 11.0. The quantitative estimate of drug-likeness (QED) is 0.751. The minimum atomic E-state index is -0.246. The fourth-order valence-corrected chi connectivity index (χ4v) is 3.40. The lowest BCUT2D eigenvalue weighted by atomic mass is 9.97. The molecule has 0 aliphatic carbocycles.